The van der Waals surface area contributed by atoms with E-state index in [2.05, 4.69) is 10.3 Å². The fourth-order valence-electron chi connectivity index (χ4n) is 0.884. The zero-order chi connectivity index (χ0) is 7.84. The number of aryl methyl sites for hydroxylation is 1. The molecule has 0 fully saturated rings. The highest BCUT2D eigenvalue weighted by atomic mass is 32.1. The summed E-state index contributed by atoms with van der Waals surface area (Å²) in [7, 11) is 0. The number of nitrogens with zero attached hydrogens (tertiary/aromatic N) is 1. The minimum absolute atomic E-state index is 0.106. The lowest BCUT2D eigenvalue weighted by molar-refractivity contribution is -0.118. The minimum atomic E-state index is -0.136. The van der Waals surface area contributed by atoms with Gasteiger partial charge < -0.3 is 10.1 Å². The van der Waals surface area contributed by atoms with Gasteiger partial charge in [0, 0.05) is 0 Å². The first-order valence-corrected chi connectivity index (χ1v) is 3.97. The fourth-order valence-corrected chi connectivity index (χ4v) is 1.60. The molecule has 58 valence electrons. The van der Waals surface area contributed by atoms with Gasteiger partial charge in [0.05, 0.1) is 5.01 Å². The lowest BCUT2D eigenvalue weighted by Gasteiger charge is -2.10. The number of fused-ring (bicyclic) bond motifs is 1. The number of rotatable bonds is 0. The van der Waals surface area contributed by atoms with Gasteiger partial charge >= 0.3 is 0 Å². The maximum atomic E-state index is 10.8. The zero-order valence-electron chi connectivity index (χ0n) is 5.88. The first kappa shape index (κ1) is 6.60. The molecule has 1 aromatic rings. The SMILES string of the molecule is Cc1nc2c(s1)OCC(=O)N2. The van der Waals surface area contributed by atoms with Gasteiger partial charge in [-0.05, 0) is 6.92 Å². The Bertz CT molecular complexity index is 308. The van der Waals surface area contributed by atoms with Crippen molar-refractivity contribution in [1.29, 1.82) is 0 Å². The van der Waals surface area contributed by atoms with Crippen LogP contribution in [0.3, 0.4) is 0 Å². The Hall–Kier alpha value is -1.10. The second-order valence-corrected chi connectivity index (χ2v) is 3.37. The zero-order valence-corrected chi connectivity index (χ0v) is 6.70. The largest absolute Gasteiger partial charge is 0.471 e. The third-order valence-corrected chi connectivity index (χ3v) is 2.18. The quantitative estimate of drug-likeness (QED) is 0.626. The highest BCUT2D eigenvalue weighted by Crippen LogP contribution is 2.33. The summed E-state index contributed by atoms with van der Waals surface area (Å²) < 4.78 is 5.10. The van der Waals surface area contributed by atoms with E-state index < -0.39 is 0 Å². The van der Waals surface area contributed by atoms with Crippen molar-refractivity contribution >= 4 is 23.1 Å². The van der Waals surface area contributed by atoms with Crippen LogP contribution < -0.4 is 10.1 Å². The fraction of sp³-hybridized carbons (Fsp3) is 0.333. The molecule has 2 heterocycles. The predicted octanol–water partition coefficient (Wildman–Crippen LogP) is 0.782. The van der Waals surface area contributed by atoms with Crippen molar-refractivity contribution in [3.8, 4) is 5.06 Å². The van der Waals surface area contributed by atoms with Crippen LogP contribution in [0.1, 0.15) is 5.01 Å². The van der Waals surface area contributed by atoms with E-state index in [-0.39, 0.29) is 12.5 Å². The summed E-state index contributed by atoms with van der Waals surface area (Å²) in [5.41, 5.74) is 0. The molecule has 0 aromatic carbocycles. The second-order valence-electron chi connectivity index (χ2n) is 2.21. The molecule has 1 N–H and O–H groups in total. The monoisotopic (exact) mass is 170 g/mol. The first-order valence-electron chi connectivity index (χ1n) is 3.16. The maximum Gasteiger partial charge on any atom is 0.263 e. The van der Waals surface area contributed by atoms with Crippen LogP contribution in [0.15, 0.2) is 0 Å². The molecule has 11 heavy (non-hydrogen) atoms. The van der Waals surface area contributed by atoms with Crippen LogP contribution >= 0.6 is 11.3 Å². The maximum absolute atomic E-state index is 10.8. The average molecular weight is 170 g/mol. The molecule has 1 amide bonds. The van der Waals surface area contributed by atoms with Crippen LogP contribution in [0.25, 0.3) is 0 Å². The third-order valence-electron chi connectivity index (χ3n) is 1.30. The molecule has 0 spiro atoms. The van der Waals surface area contributed by atoms with Gasteiger partial charge in [0.25, 0.3) is 5.91 Å². The number of anilines is 1. The first-order chi connectivity index (χ1) is 5.25. The molecule has 2 rings (SSSR count). The summed E-state index contributed by atoms with van der Waals surface area (Å²) in [4.78, 5) is 14.8. The number of carbonyl (C=O) groups excluding carboxylic acids is 1. The summed E-state index contributed by atoms with van der Waals surface area (Å²) in [6.45, 7) is 1.98. The van der Waals surface area contributed by atoms with E-state index >= 15 is 0 Å². The van der Waals surface area contributed by atoms with Gasteiger partial charge in [-0.25, -0.2) is 4.98 Å². The van der Waals surface area contributed by atoms with E-state index in [0.717, 1.165) is 5.01 Å². The minimum Gasteiger partial charge on any atom is -0.471 e. The van der Waals surface area contributed by atoms with Gasteiger partial charge in [0.1, 0.15) is 0 Å². The van der Waals surface area contributed by atoms with Gasteiger partial charge in [-0.2, -0.15) is 0 Å². The number of ether oxygens (including phenoxy) is 1. The van der Waals surface area contributed by atoms with Gasteiger partial charge in [0.15, 0.2) is 12.4 Å². The van der Waals surface area contributed by atoms with Gasteiger partial charge in [-0.15, -0.1) is 0 Å². The summed E-state index contributed by atoms with van der Waals surface area (Å²) in [6.07, 6.45) is 0. The second kappa shape index (κ2) is 2.20. The van der Waals surface area contributed by atoms with Gasteiger partial charge in [-0.1, -0.05) is 11.3 Å². The van der Waals surface area contributed by atoms with E-state index in [0.29, 0.717) is 10.9 Å². The number of nitrogens with one attached hydrogen (secondary N) is 1. The lowest BCUT2D eigenvalue weighted by Crippen LogP contribution is -2.24. The Balaban J connectivity index is 2.41. The number of hydrogen-bond donors (Lipinski definition) is 1. The van der Waals surface area contributed by atoms with Crippen molar-refractivity contribution in [1.82, 2.24) is 4.98 Å². The molecular weight excluding hydrogens is 164 g/mol. The molecule has 0 saturated carbocycles. The van der Waals surface area contributed by atoms with E-state index in [1.807, 2.05) is 6.92 Å². The summed E-state index contributed by atoms with van der Waals surface area (Å²) in [5.74, 6) is 0.423. The molecule has 0 aliphatic carbocycles. The van der Waals surface area contributed by atoms with E-state index in [1.165, 1.54) is 11.3 Å². The predicted molar refractivity (Wildman–Crippen MR) is 41.0 cm³/mol. The van der Waals surface area contributed by atoms with Crippen molar-refractivity contribution in [2.75, 3.05) is 11.9 Å². The number of hydrogen-bond acceptors (Lipinski definition) is 4. The third kappa shape index (κ3) is 1.07. The van der Waals surface area contributed by atoms with Gasteiger partial charge in [0.2, 0.25) is 5.06 Å². The summed E-state index contributed by atoms with van der Waals surface area (Å²) in [6, 6.07) is 0. The summed E-state index contributed by atoms with van der Waals surface area (Å²) in [5, 5.41) is 4.23. The molecule has 0 bridgehead atoms. The molecule has 0 unspecified atom stereocenters. The summed E-state index contributed by atoms with van der Waals surface area (Å²) >= 11 is 1.44. The number of carbonyl (C=O) groups is 1. The Morgan fingerprint density at radius 3 is 3.36 bits per heavy atom. The Morgan fingerprint density at radius 1 is 1.73 bits per heavy atom. The number of thiazole rings is 1. The van der Waals surface area contributed by atoms with Crippen molar-refractivity contribution in [3.63, 3.8) is 0 Å². The van der Waals surface area contributed by atoms with Crippen molar-refractivity contribution in [2.45, 2.75) is 6.92 Å². The molecule has 1 aliphatic rings. The molecule has 1 aromatic heterocycles. The van der Waals surface area contributed by atoms with Gasteiger partial charge in [-0.3, -0.25) is 4.79 Å². The molecule has 0 atom stereocenters. The highest BCUT2D eigenvalue weighted by molar-refractivity contribution is 7.14. The van der Waals surface area contributed by atoms with Crippen LogP contribution in [0.2, 0.25) is 0 Å². The van der Waals surface area contributed by atoms with Crippen LogP contribution in [-0.2, 0) is 4.79 Å². The van der Waals surface area contributed by atoms with Crippen LogP contribution in [0, 0.1) is 6.92 Å². The molecule has 0 radical (unpaired) electrons. The molecule has 5 heteroatoms. The van der Waals surface area contributed by atoms with Crippen LogP contribution in [0.5, 0.6) is 5.06 Å². The molecular formula is C6H6N2O2S. The van der Waals surface area contributed by atoms with Crippen molar-refractivity contribution < 1.29 is 9.53 Å². The number of amides is 1. The Labute approximate surface area is 67.2 Å². The van der Waals surface area contributed by atoms with Crippen molar-refractivity contribution in [2.24, 2.45) is 0 Å². The smallest absolute Gasteiger partial charge is 0.263 e. The molecule has 0 saturated heterocycles. The molecule has 4 nitrogen and oxygen atoms in total. The topological polar surface area (TPSA) is 51.2 Å². The highest BCUT2D eigenvalue weighted by Gasteiger charge is 2.19. The Morgan fingerprint density at radius 2 is 2.55 bits per heavy atom. The average Bonchev–Trinajstić information content (AvgIpc) is 2.27. The van der Waals surface area contributed by atoms with Crippen LogP contribution in [-0.4, -0.2) is 17.5 Å². The lowest BCUT2D eigenvalue weighted by atomic mass is 10.5. The van der Waals surface area contributed by atoms with E-state index in [1.54, 1.807) is 0 Å². The molecule has 1 aliphatic heterocycles. The standard InChI is InChI=1S/C6H6N2O2S/c1-3-7-5-6(11-3)10-2-4(9)8-5/h2H2,1H3,(H,8,9). The normalized spacial score (nSPS) is 15.2. The van der Waals surface area contributed by atoms with Crippen LogP contribution in [0.4, 0.5) is 5.82 Å². The van der Waals surface area contributed by atoms with E-state index in [4.69, 9.17) is 4.74 Å². The van der Waals surface area contributed by atoms with E-state index in [9.17, 15) is 4.79 Å². The number of aromatic nitrogens is 1. The van der Waals surface area contributed by atoms with Crippen molar-refractivity contribution in [3.05, 3.63) is 5.01 Å². The Kier molecular flexibility index (Phi) is 1.32.